The molecule has 3 rings (SSSR count). The lowest BCUT2D eigenvalue weighted by molar-refractivity contribution is 0.613. The molecule has 3 aromatic rings. The molecule has 2 N–H and O–H groups in total. The average molecular weight is 295 g/mol. The first-order valence-electron chi connectivity index (χ1n) is 7.48. The van der Waals surface area contributed by atoms with E-state index >= 15 is 0 Å². The molecule has 0 bridgehead atoms. The minimum atomic E-state index is 0.226. The molecule has 108 valence electrons. The van der Waals surface area contributed by atoms with Gasteiger partial charge in [-0.15, -0.1) is 11.3 Å². The van der Waals surface area contributed by atoms with Gasteiger partial charge in [0, 0.05) is 10.7 Å². The standard InChI is InChI=1S/C19H21NS/c1-14-6-8-15(9-7-14)10-11-17(20)12-16-13-21-19-5-3-2-4-18(16)19/h2-9,13,17H,10-12,20H2,1H3. The Labute approximate surface area is 130 Å². The Balaban J connectivity index is 1.61. The van der Waals surface area contributed by atoms with Crippen molar-refractivity contribution >= 4 is 21.4 Å². The van der Waals surface area contributed by atoms with Crippen molar-refractivity contribution in [1.29, 1.82) is 0 Å². The zero-order chi connectivity index (χ0) is 14.7. The van der Waals surface area contributed by atoms with Gasteiger partial charge < -0.3 is 5.73 Å². The summed E-state index contributed by atoms with van der Waals surface area (Å²) in [5.74, 6) is 0. The summed E-state index contributed by atoms with van der Waals surface area (Å²) in [6.45, 7) is 2.12. The number of aryl methyl sites for hydroxylation is 2. The van der Waals surface area contributed by atoms with E-state index in [1.807, 2.05) is 11.3 Å². The highest BCUT2D eigenvalue weighted by Crippen LogP contribution is 2.26. The molecule has 0 fully saturated rings. The quantitative estimate of drug-likeness (QED) is 0.724. The predicted molar refractivity (Wildman–Crippen MR) is 93.0 cm³/mol. The third kappa shape index (κ3) is 3.52. The molecule has 0 spiro atoms. The van der Waals surface area contributed by atoms with Gasteiger partial charge in [-0.05, 0) is 54.1 Å². The Morgan fingerprint density at radius 2 is 1.81 bits per heavy atom. The smallest absolute Gasteiger partial charge is 0.0345 e. The van der Waals surface area contributed by atoms with Crippen LogP contribution in [0.15, 0.2) is 53.9 Å². The summed E-state index contributed by atoms with van der Waals surface area (Å²) in [5, 5.41) is 3.63. The van der Waals surface area contributed by atoms with Crippen LogP contribution in [0.2, 0.25) is 0 Å². The molecule has 2 heteroatoms. The third-order valence-electron chi connectivity index (χ3n) is 3.97. The number of thiophene rings is 1. The van der Waals surface area contributed by atoms with E-state index in [2.05, 4.69) is 60.8 Å². The number of benzene rings is 2. The van der Waals surface area contributed by atoms with Gasteiger partial charge in [-0.3, -0.25) is 0 Å². The first-order chi connectivity index (χ1) is 10.2. The first-order valence-corrected chi connectivity index (χ1v) is 8.36. The molecule has 1 unspecified atom stereocenters. The zero-order valence-corrected chi connectivity index (χ0v) is 13.2. The summed E-state index contributed by atoms with van der Waals surface area (Å²) in [5.41, 5.74) is 10.4. The molecule has 0 radical (unpaired) electrons. The van der Waals surface area contributed by atoms with E-state index in [0.717, 1.165) is 19.3 Å². The van der Waals surface area contributed by atoms with Crippen molar-refractivity contribution in [2.24, 2.45) is 5.73 Å². The fourth-order valence-corrected chi connectivity index (χ4v) is 3.66. The summed E-state index contributed by atoms with van der Waals surface area (Å²) < 4.78 is 1.36. The van der Waals surface area contributed by atoms with E-state index in [9.17, 15) is 0 Å². The van der Waals surface area contributed by atoms with Gasteiger partial charge in [-0.25, -0.2) is 0 Å². The monoisotopic (exact) mass is 295 g/mol. The Morgan fingerprint density at radius 3 is 2.62 bits per heavy atom. The van der Waals surface area contributed by atoms with Crippen LogP contribution in [0.1, 0.15) is 23.1 Å². The van der Waals surface area contributed by atoms with Crippen molar-refractivity contribution in [3.05, 3.63) is 70.6 Å². The Hall–Kier alpha value is -1.64. The molecular formula is C19H21NS. The minimum absolute atomic E-state index is 0.226. The fourth-order valence-electron chi connectivity index (χ4n) is 2.68. The maximum absolute atomic E-state index is 6.34. The summed E-state index contributed by atoms with van der Waals surface area (Å²) in [6, 6.07) is 17.6. The van der Waals surface area contributed by atoms with Crippen molar-refractivity contribution in [1.82, 2.24) is 0 Å². The van der Waals surface area contributed by atoms with E-state index < -0.39 is 0 Å². The topological polar surface area (TPSA) is 26.0 Å². The minimum Gasteiger partial charge on any atom is -0.327 e. The van der Waals surface area contributed by atoms with Gasteiger partial charge in [0.25, 0.3) is 0 Å². The maximum Gasteiger partial charge on any atom is 0.0345 e. The van der Waals surface area contributed by atoms with Crippen LogP contribution >= 0.6 is 11.3 Å². The van der Waals surface area contributed by atoms with Gasteiger partial charge in [-0.1, -0.05) is 48.0 Å². The molecule has 1 atom stereocenters. The summed E-state index contributed by atoms with van der Waals surface area (Å²) in [6.07, 6.45) is 3.06. The van der Waals surface area contributed by atoms with E-state index in [-0.39, 0.29) is 6.04 Å². The van der Waals surface area contributed by atoms with Crippen LogP contribution in [0.4, 0.5) is 0 Å². The Kier molecular flexibility index (Phi) is 4.37. The predicted octanol–water partition coefficient (Wildman–Crippen LogP) is 4.71. The fraction of sp³-hybridized carbons (Fsp3) is 0.263. The molecule has 0 aliphatic heterocycles. The van der Waals surface area contributed by atoms with Gasteiger partial charge >= 0.3 is 0 Å². The Morgan fingerprint density at radius 1 is 1.05 bits per heavy atom. The largest absolute Gasteiger partial charge is 0.327 e. The number of hydrogen-bond acceptors (Lipinski definition) is 2. The van der Waals surface area contributed by atoms with Crippen LogP contribution in [0.25, 0.3) is 10.1 Å². The van der Waals surface area contributed by atoms with Crippen molar-refractivity contribution < 1.29 is 0 Å². The first kappa shape index (κ1) is 14.3. The van der Waals surface area contributed by atoms with E-state index in [0.29, 0.717) is 0 Å². The second kappa shape index (κ2) is 6.42. The van der Waals surface area contributed by atoms with Crippen LogP contribution in [-0.2, 0) is 12.8 Å². The third-order valence-corrected chi connectivity index (χ3v) is 4.98. The molecule has 0 saturated heterocycles. The van der Waals surface area contributed by atoms with Crippen LogP contribution < -0.4 is 5.73 Å². The Bertz CT molecular complexity index is 712. The number of nitrogens with two attached hydrogens (primary N) is 1. The highest BCUT2D eigenvalue weighted by atomic mass is 32.1. The second-order valence-electron chi connectivity index (χ2n) is 5.75. The molecule has 0 amide bonds. The zero-order valence-electron chi connectivity index (χ0n) is 12.4. The van der Waals surface area contributed by atoms with Gasteiger partial charge in [-0.2, -0.15) is 0 Å². The molecule has 0 aliphatic carbocycles. The van der Waals surface area contributed by atoms with Crippen LogP contribution in [0.3, 0.4) is 0 Å². The van der Waals surface area contributed by atoms with Crippen molar-refractivity contribution in [2.75, 3.05) is 0 Å². The molecule has 0 aliphatic rings. The highest BCUT2D eigenvalue weighted by Gasteiger charge is 2.09. The van der Waals surface area contributed by atoms with Crippen molar-refractivity contribution in [3.63, 3.8) is 0 Å². The number of hydrogen-bond donors (Lipinski definition) is 1. The molecular weight excluding hydrogens is 274 g/mol. The lowest BCUT2D eigenvalue weighted by Crippen LogP contribution is -2.23. The van der Waals surface area contributed by atoms with Gasteiger partial charge in [0.2, 0.25) is 0 Å². The molecule has 2 aromatic carbocycles. The average Bonchev–Trinajstić information content (AvgIpc) is 2.90. The number of fused-ring (bicyclic) bond motifs is 1. The SMILES string of the molecule is Cc1ccc(CCC(N)Cc2csc3ccccc23)cc1. The van der Waals surface area contributed by atoms with Gasteiger partial charge in [0.15, 0.2) is 0 Å². The molecule has 21 heavy (non-hydrogen) atoms. The van der Waals surface area contributed by atoms with Gasteiger partial charge in [0.05, 0.1) is 0 Å². The molecule has 0 saturated carbocycles. The lowest BCUT2D eigenvalue weighted by Gasteiger charge is -2.11. The molecule has 1 nitrogen and oxygen atoms in total. The number of rotatable bonds is 5. The van der Waals surface area contributed by atoms with Crippen LogP contribution in [0.5, 0.6) is 0 Å². The van der Waals surface area contributed by atoms with Crippen molar-refractivity contribution in [3.8, 4) is 0 Å². The normalized spacial score (nSPS) is 12.7. The van der Waals surface area contributed by atoms with Crippen LogP contribution in [-0.4, -0.2) is 6.04 Å². The van der Waals surface area contributed by atoms with Crippen molar-refractivity contribution in [2.45, 2.75) is 32.2 Å². The summed E-state index contributed by atoms with van der Waals surface area (Å²) in [4.78, 5) is 0. The second-order valence-corrected chi connectivity index (χ2v) is 6.66. The van der Waals surface area contributed by atoms with Gasteiger partial charge in [0.1, 0.15) is 0 Å². The lowest BCUT2D eigenvalue weighted by atomic mass is 9.99. The van der Waals surface area contributed by atoms with E-state index in [1.165, 1.54) is 26.8 Å². The molecule has 1 aromatic heterocycles. The summed E-state index contributed by atoms with van der Waals surface area (Å²) >= 11 is 1.82. The van der Waals surface area contributed by atoms with E-state index in [1.54, 1.807) is 0 Å². The molecule has 1 heterocycles. The summed E-state index contributed by atoms with van der Waals surface area (Å²) in [7, 11) is 0. The van der Waals surface area contributed by atoms with E-state index in [4.69, 9.17) is 5.73 Å². The van der Waals surface area contributed by atoms with Crippen LogP contribution in [0, 0.1) is 6.92 Å². The maximum atomic E-state index is 6.34. The highest BCUT2D eigenvalue weighted by molar-refractivity contribution is 7.17.